The lowest BCUT2D eigenvalue weighted by Gasteiger charge is -2.28. The number of imide groups is 1. The topological polar surface area (TPSA) is 59.1 Å². The van der Waals surface area contributed by atoms with Crippen LogP contribution in [-0.4, -0.2) is 73.4 Å². The molecular formula is C20H26N2O4S. The third-order valence-corrected chi connectivity index (χ3v) is 5.69. The number of morpholine rings is 1. The van der Waals surface area contributed by atoms with Gasteiger partial charge in [-0.3, -0.25) is 19.4 Å². The molecule has 2 heterocycles. The van der Waals surface area contributed by atoms with Crippen LogP contribution in [0.1, 0.15) is 19.4 Å². The molecule has 3 rings (SSSR count). The van der Waals surface area contributed by atoms with Crippen molar-refractivity contribution in [3.63, 3.8) is 0 Å². The molecule has 0 N–H and O–H groups in total. The Labute approximate surface area is 164 Å². The summed E-state index contributed by atoms with van der Waals surface area (Å²) in [5.41, 5.74) is 1.26. The first kappa shape index (κ1) is 19.9. The summed E-state index contributed by atoms with van der Waals surface area (Å²) in [5.74, 6) is 0.331. The van der Waals surface area contributed by atoms with Crippen LogP contribution in [0.15, 0.2) is 29.2 Å². The van der Waals surface area contributed by atoms with Crippen LogP contribution in [0.5, 0.6) is 5.75 Å². The second kappa shape index (κ2) is 8.91. The lowest BCUT2D eigenvalue weighted by atomic mass is 10.1. The highest BCUT2D eigenvalue weighted by molar-refractivity contribution is 8.04. The highest BCUT2D eigenvalue weighted by Gasteiger charge is 2.39. The van der Waals surface area contributed by atoms with E-state index in [1.165, 1.54) is 16.7 Å². The van der Waals surface area contributed by atoms with Gasteiger partial charge in [-0.05, 0) is 17.7 Å². The van der Waals surface area contributed by atoms with Gasteiger partial charge >= 0.3 is 0 Å². The van der Waals surface area contributed by atoms with Gasteiger partial charge in [0.25, 0.3) is 11.8 Å². The summed E-state index contributed by atoms with van der Waals surface area (Å²) in [6, 6.07) is 7.31. The monoisotopic (exact) mass is 390 g/mol. The zero-order valence-corrected chi connectivity index (χ0v) is 16.9. The van der Waals surface area contributed by atoms with Crippen LogP contribution < -0.4 is 4.74 Å². The second-order valence-corrected chi connectivity index (χ2v) is 8.40. The van der Waals surface area contributed by atoms with Crippen LogP contribution >= 0.6 is 11.8 Å². The molecule has 2 aliphatic heterocycles. The number of carbonyl (C=O) groups is 2. The number of carbonyl (C=O) groups excluding carboxylic acids is 2. The first-order valence-electron chi connectivity index (χ1n) is 9.23. The molecule has 1 fully saturated rings. The predicted molar refractivity (Wildman–Crippen MR) is 107 cm³/mol. The van der Waals surface area contributed by atoms with Crippen molar-refractivity contribution >= 4 is 29.1 Å². The molecular weight excluding hydrogens is 364 g/mol. The van der Waals surface area contributed by atoms with Crippen LogP contribution in [-0.2, 0) is 14.3 Å². The minimum absolute atomic E-state index is 0.183. The zero-order valence-electron chi connectivity index (χ0n) is 16.1. The summed E-state index contributed by atoms with van der Waals surface area (Å²) in [4.78, 5) is 30.2. The number of methoxy groups -OCH3 is 1. The summed E-state index contributed by atoms with van der Waals surface area (Å²) in [6.45, 7) is 8.20. The molecule has 7 heteroatoms. The van der Waals surface area contributed by atoms with Gasteiger partial charge in [-0.15, -0.1) is 11.8 Å². The summed E-state index contributed by atoms with van der Waals surface area (Å²) in [5, 5.41) is 0.212. The van der Waals surface area contributed by atoms with Gasteiger partial charge in [0.15, 0.2) is 0 Å². The van der Waals surface area contributed by atoms with Crippen molar-refractivity contribution < 1.29 is 19.1 Å². The van der Waals surface area contributed by atoms with Crippen molar-refractivity contribution in [1.29, 1.82) is 0 Å². The second-order valence-electron chi connectivity index (χ2n) is 6.82. The molecule has 2 amide bonds. The van der Waals surface area contributed by atoms with Crippen LogP contribution in [0.4, 0.5) is 0 Å². The first-order valence-corrected chi connectivity index (χ1v) is 10.1. The number of hydrogen-bond donors (Lipinski definition) is 0. The third-order valence-electron chi connectivity index (χ3n) is 4.60. The molecule has 0 unspecified atom stereocenters. The molecule has 0 atom stereocenters. The van der Waals surface area contributed by atoms with Crippen molar-refractivity contribution in [2.45, 2.75) is 19.1 Å². The van der Waals surface area contributed by atoms with Gasteiger partial charge in [0.1, 0.15) is 5.75 Å². The fraction of sp³-hybridized carbons (Fsp3) is 0.500. The van der Waals surface area contributed by atoms with Crippen molar-refractivity contribution in [3.05, 3.63) is 34.7 Å². The number of ether oxygens (including phenoxy) is 2. The van der Waals surface area contributed by atoms with E-state index in [0.717, 1.165) is 24.4 Å². The Morgan fingerprint density at radius 3 is 2.33 bits per heavy atom. The number of nitrogens with zero attached hydrogens (tertiary/aromatic N) is 2. The van der Waals surface area contributed by atoms with Gasteiger partial charge in [0.2, 0.25) is 0 Å². The van der Waals surface area contributed by atoms with Gasteiger partial charge in [0.05, 0.1) is 30.8 Å². The molecule has 0 aliphatic carbocycles. The fourth-order valence-corrected chi connectivity index (χ4v) is 4.19. The average Bonchev–Trinajstić information content (AvgIpc) is 2.90. The van der Waals surface area contributed by atoms with Crippen LogP contribution in [0.2, 0.25) is 0 Å². The quantitative estimate of drug-likeness (QED) is 0.666. The van der Waals surface area contributed by atoms with Gasteiger partial charge in [0, 0.05) is 31.4 Å². The minimum Gasteiger partial charge on any atom is -0.497 e. The van der Waals surface area contributed by atoms with Crippen molar-refractivity contribution in [2.24, 2.45) is 0 Å². The maximum atomic E-state index is 13.1. The van der Waals surface area contributed by atoms with Crippen LogP contribution in [0.3, 0.4) is 0 Å². The molecule has 1 saturated heterocycles. The normalized spacial score (nSPS) is 18.7. The van der Waals surface area contributed by atoms with Gasteiger partial charge in [-0.25, -0.2) is 0 Å². The summed E-state index contributed by atoms with van der Waals surface area (Å²) in [6.07, 6.45) is 0. The molecule has 1 aromatic carbocycles. The smallest absolute Gasteiger partial charge is 0.268 e. The molecule has 27 heavy (non-hydrogen) atoms. The van der Waals surface area contributed by atoms with E-state index in [4.69, 9.17) is 9.47 Å². The Kier molecular flexibility index (Phi) is 6.57. The molecule has 1 aromatic rings. The summed E-state index contributed by atoms with van der Waals surface area (Å²) < 4.78 is 10.6. The Hall–Kier alpha value is -1.83. The largest absolute Gasteiger partial charge is 0.497 e. The predicted octanol–water partition coefficient (Wildman–Crippen LogP) is 2.25. The zero-order chi connectivity index (χ0) is 19.4. The third kappa shape index (κ3) is 4.54. The van der Waals surface area contributed by atoms with Crippen molar-refractivity contribution in [2.75, 3.05) is 46.5 Å². The summed E-state index contributed by atoms with van der Waals surface area (Å²) in [7, 11) is 1.60. The fourth-order valence-electron chi connectivity index (χ4n) is 3.18. The van der Waals surface area contributed by atoms with Gasteiger partial charge < -0.3 is 9.47 Å². The Morgan fingerprint density at radius 2 is 1.74 bits per heavy atom. The van der Waals surface area contributed by atoms with Gasteiger partial charge in [-0.1, -0.05) is 26.0 Å². The maximum absolute atomic E-state index is 13.1. The van der Waals surface area contributed by atoms with Crippen molar-refractivity contribution in [3.8, 4) is 5.75 Å². The number of thioether (sulfide) groups is 1. The number of hydrogen-bond acceptors (Lipinski definition) is 6. The van der Waals surface area contributed by atoms with Crippen LogP contribution in [0, 0.1) is 0 Å². The van der Waals surface area contributed by atoms with Crippen molar-refractivity contribution in [1.82, 2.24) is 9.80 Å². The highest BCUT2D eigenvalue weighted by Crippen LogP contribution is 2.38. The molecule has 0 bridgehead atoms. The average molecular weight is 391 g/mol. The van der Waals surface area contributed by atoms with E-state index in [-0.39, 0.29) is 17.1 Å². The van der Waals surface area contributed by atoms with E-state index in [1.54, 1.807) is 7.11 Å². The highest BCUT2D eigenvalue weighted by atomic mass is 32.2. The van der Waals surface area contributed by atoms with E-state index in [0.29, 0.717) is 36.8 Å². The molecule has 2 aliphatic rings. The molecule has 0 saturated carbocycles. The SMILES string of the molecule is COc1ccc(C2=C(SC(C)C)C(=O)N(CCN3CCOCC3)C2=O)cc1. The minimum atomic E-state index is -0.207. The first-order chi connectivity index (χ1) is 13.0. The lowest BCUT2D eigenvalue weighted by molar-refractivity contribution is -0.136. The standard InChI is InChI=1S/C20H26N2O4S/c1-14(2)27-18-17(15-4-6-16(25-3)7-5-15)19(23)22(20(18)24)9-8-21-10-12-26-13-11-21/h4-7,14H,8-13H2,1-3H3. The molecule has 146 valence electrons. The molecule has 0 aromatic heterocycles. The Morgan fingerprint density at radius 1 is 1.07 bits per heavy atom. The maximum Gasteiger partial charge on any atom is 0.268 e. The number of amides is 2. The number of benzene rings is 1. The van der Waals surface area contributed by atoms with E-state index >= 15 is 0 Å². The number of rotatable bonds is 7. The van der Waals surface area contributed by atoms with Gasteiger partial charge in [-0.2, -0.15) is 0 Å². The van der Waals surface area contributed by atoms with Crippen LogP contribution in [0.25, 0.3) is 5.57 Å². The summed E-state index contributed by atoms with van der Waals surface area (Å²) >= 11 is 1.45. The van der Waals surface area contributed by atoms with E-state index in [9.17, 15) is 9.59 Å². The van der Waals surface area contributed by atoms with E-state index < -0.39 is 0 Å². The molecule has 0 radical (unpaired) electrons. The van der Waals surface area contributed by atoms with E-state index in [2.05, 4.69) is 4.90 Å². The Bertz CT molecular complexity index is 724. The lowest BCUT2D eigenvalue weighted by Crippen LogP contribution is -2.43. The van der Waals surface area contributed by atoms with E-state index in [1.807, 2.05) is 38.1 Å². The molecule has 6 nitrogen and oxygen atoms in total. The molecule has 0 spiro atoms. The Balaban J connectivity index is 1.81.